The fourth-order valence-electron chi connectivity index (χ4n) is 5.04. The molecule has 1 aromatic carbocycles. The van der Waals surface area contributed by atoms with Crippen molar-refractivity contribution in [2.45, 2.75) is 38.3 Å². The van der Waals surface area contributed by atoms with E-state index in [1.165, 1.54) is 0 Å². The number of H-pyrrole nitrogens is 1. The number of benzene rings is 1. The van der Waals surface area contributed by atoms with Crippen molar-refractivity contribution < 1.29 is 14.2 Å². The summed E-state index contributed by atoms with van der Waals surface area (Å²) in [4.78, 5) is 34.9. The first kappa shape index (κ1) is 24.6. The van der Waals surface area contributed by atoms with Gasteiger partial charge in [0.15, 0.2) is 0 Å². The van der Waals surface area contributed by atoms with Gasteiger partial charge in [-0.2, -0.15) is 0 Å². The highest BCUT2D eigenvalue weighted by atomic mass is 16.5. The maximum atomic E-state index is 13.3. The van der Waals surface area contributed by atoms with Crippen molar-refractivity contribution in [3.8, 4) is 5.75 Å². The average Bonchev–Trinajstić information content (AvgIpc) is 2.91. The predicted molar refractivity (Wildman–Crippen MR) is 137 cm³/mol. The van der Waals surface area contributed by atoms with Crippen molar-refractivity contribution in [3.05, 3.63) is 51.3 Å². The maximum Gasteiger partial charge on any atom is 0.260 e. The summed E-state index contributed by atoms with van der Waals surface area (Å²) in [6.45, 7) is 4.90. The Balaban J connectivity index is 1.40. The summed E-state index contributed by atoms with van der Waals surface area (Å²) in [5, 5.41) is 0.648. The van der Waals surface area contributed by atoms with Gasteiger partial charge in [-0.1, -0.05) is 0 Å². The van der Waals surface area contributed by atoms with E-state index >= 15 is 0 Å². The molecule has 2 aliphatic heterocycles. The largest absolute Gasteiger partial charge is 0.497 e. The SMILES string of the molecule is COCCN(C)Cc1ncc2c(n1)CCN(c1nc3cc(OC)cc(C4CCOCC4)c3c(=O)[nH]1)C2. The van der Waals surface area contributed by atoms with E-state index in [-0.39, 0.29) is 11.5 Å². The van der Waals surface area contributed by atoms with Gasteiger partial charge in [-0.3, -0.25) is 14.7 Å². The van der Waals surface area contributed by atoms with Gasteiger partial charge in [0.05, 0.1) is 36.9 Å². The summed E-state index contributed by atoms with van der Waals surface area (Å²) in [6.07, 6.45) is 4.44. The van der Waals surface area contributed by atoms with Crippen molar-refractivity contribution in [1.29, 1.82) is 0 Å². The number of fused-ring (bicyclic) bond motifs is 2. The maximum absolute atomic E-state index is 13.3. The Kier molecular flexibility index (Phi) is 7.45. The molecular weight excluding hydrogens is 460 g/mol. The van der Waals surface area contributed by atoms with Crippen molar-refractivity contribution in [1.82, 2.24) is 24.8 Å². The van der Waals surface area contributed by atoms with Crippen LogP contribution in [0.15, 0.2) is 23.1 Å². The quantitative estimate of drug-likeness (QED) is 0.505. The highest BCUT2D eigenvalue weighted by molar-refractivity contribution is 5.84. The minimum absolute atomic E-state index is 0.115. The molecule has 10 nitrogen and oxygen atoms in total. The molecule has 0 radical (unpaired) electrons. The molecule has 1 N–H and O–H groups in total. The third-order valence-electron chi connectivity index (χ3n) is 7.07. The predicted octanol–water partition coefficient (Wildman–Crippen LogP) is 2.26. The normalized spacial score (nSPS) is 16.5. The number of anilines is 1. The standard InChI is InChI=1S/C26H34N6O4/c1-31(8-11-34-2)16-23-27-14-18-15-32(7-4-21(18)28-23)26-29-22-13-19(35-3)12-20(24(22)25(33)30-26)17-5-9-36-10-6-17/h12-14,17H,4-11,15-16H2,1-3H3,(H,29,30,33). The Hall–Kier alpha value is -3.08. The number of methoxy groups -OCH3 is 2. The van der Waals surface area contributed by atoms with Crippen LogP contribution in [0.5, 0.6) is 5.75 Å². The molecule has 192 valence electrons. The van der Waals surface area contributed by atoms with Crippen LogP contribution >= 0.6 is 0 Å². The molecule has 0 aliphatic carbocycles. The van der Waals surface area contributed by atoms with E-state index in [0.29, 0.717) is 62.1 Å². The number of hydrogen-bond acceptors (Lipinski definition) is 9. The van der Waals surface area contributed by atoms with Gasteiger partial charge in [-0.05, 0) is 37.4 Å². The second kappa shape index (κ2) is 10.9. The highest BCUT2D eigenvalue weighted by Gasteiger charge is 2.24. The third kappa shape index (κ3) is 5.21. The van der Waals surface area contributed by atoms with Gasteiger partial charge < -0.3 is 19.1 Å². The molecule has 1 fully saturated rings. The van der Waals surface area contributed by atoms with Gasteiger partial charge in [-0.15, -0.1) is 0 Å². The van der Waals surface area contributed by atoms with Gasteiger partial charge in [-0.25, -0.2) is 15.0 Å². The molecule has 4 heterocycles. The number of aromatic amines is 1. The second-order valence-electron chi connectivity index (χ2n) is 9.55. The lowest BCUT2D eigenvalue weighted by molar-refractivity contribution is 0.0855. The minimum atomic E-state index is -0.115. The first-order valence-corrected chi connectivity index (χ1v) is 12.5. The fraction of sp³-hybridized carbons (Fsp3) is 0.538. The van der Waals surface area contributed by atoms with E-state index in [1.54, 1.807) is 14.2 Å². The van der Waals surface area contributed by atoms with E-state index in [0.717, 1.165) is 48.5 Å². The summed E-state index contributed by atoms with van der Waals surface area (Å²) in [6, 6.07) is 3.83. The molecule has 0 bridgehead atoms. The Labute approximate surface area is 210 Å². The Morgan fingerprint density at radius 1 is 1.22 bits per heavy atom. The molecule has 0 saturated carbocycles. The van der Waals surface area contributed by atoms with Crippen LogP contribution in [0, 0.1) is 0 Å². The van der Waals surface area contributed by atoms with E-state index in [1.807, 2.05) is 25.4 Å². The lowest BCUT2D eigenvalue weighted by atomic mass is 9.89. The molecule has 36 heavy (non-hydrogen) atoms. The van der Waals surface area contributed by atoms with Crippen LogP contribution in [0.2, 0.25) is 0 Å². The number of rotatable bonds is 8. The monoisotopic (exact) mass is 494 g/mol. The zero-order valence-corrected chi connectivity index (χ0v) is 21.2. The first-order chi connectivity index (χ1) is 17.6. The van der Waals surface area contributed by atoms with Crippen molar-refractivity contribution in [2.75, 3.05) is 59.1 Å². The molecule has 1 saturated heterocycles. The molecule has 0 atom stereocenters. The summed E-state index contributed by atoms with van der Waals surface area (Å²) < 4.78 is 16.2. The molecule has 2 aliphatic rings. The van der Waals surface area contributed by atoms with Gasteiger partial charge in [0, 0.05) is 64.2 Å². The van der Waals surface area contributed by atoms with Crippen LogP contribution in [0.3, 0.4) is 0 Å². The van der Waals surface area contributed by atoms with Crippen LogP contribution < -0.4 is 15.2 Å². The number of nitrogens with one attached hydrogen (secondary N) is 1. The number of ether oxygens (including phenoxy) is 3. The summed E-state index contributed by atoms with van der Waals surface area (Å²) in [7, 11) is 5.39. The highest BCUT2D eigenvalue weighted by Crippen LogP contribution is 2.34. The van der Waals surface area contributed by atoms with Crippen LogP contribution in [0.25, 0.3) is 10.9 Å². The molecule has 0 unspecified atom stereocenters. The van der Waals surface area contributed by atoms with E-state index in [9.17, 15) is 4.79 Å². The van der Waals surface area contributed by atoms with Crippen LogP contribution in [-0.4, -0.2) is 79.0 Å². The number of hydrogen-bond donors (Lipinski definition) is 1. The molecule has 0 spiro atoms. The van der Waals surface area contributed by atoms with Crippen molar-refractivity contribution >= 4 is 16.9 Å². The van der Waals surface area contributed by atoms with Gasteiger partial charge >= 0.3 is 0 Å². The topological polar surface area (TPSA) is 106 Å². The van der Waals surface area contributed by atoms with Crippen molar-refractivity contribution in [3.63, 3.8) is 0 Å². The van der Waals surface area contributed by atoms with Crippen molar-refractivity contribution in [2.24, 2.45) is 0 Å². The molecule has 2 aromatic heterocycles. The molecule has 0 amide bonds. The summed E-state index contributed by atoms with van der Waals surface area (Å²) in [5.74, 6) is 2.35. The minimum Gasteiger partial charge on any atom is -0.497 e. The lowest BCUT2D eigenvalue weighted by Gasteiger charge is -2.29. The number of likely N-dealkylation sites (N-methyl/N-ethyl adjacent to an activating group) is 1. The number of nitrogens with zero attached hydrogens (tertiary/aromatic N) is 5. The molecule has 3 aromatic rings. The summed E-state index contributed by atoms with van der Waals surface area (Å²) >= 11 is 0. The molecule has 5 rings (SSSR count). The van der Waals surface area contributed by atoms with E-state index in [2.05, 4.69) is 19.8 Å². The average molecular weight is 495 g/mol. The summed E-state index contributed by atoms with van der Waals surface area (Å²) in [5.41, 5.74) is 3.65. The lowest BCUT2D eigenvalue weighted by Crippen LogP contribution is -2.34. The Morgan fingerprint density at radius 2 is 2.06 bits per heavy atom. The smallest absolute Gasteiger partial charge is 0.260 e. The van der Waals surface area contributed by atoms with E-state index in [4.69, 9.17) is 24.2 Å². The van der Waals surface area contributed by atoms with Crippen LogP contribution in [0.4, 0.5) is 5.95 Å². The zero-order valence-electron chi connectivity index (χ0n) is 21.2. The van der Waals surface area contributed by atoms with Crippen LogP contribution in [0.1, 0.15) is 41.4 Å². The Morgan fingerprint density at radius 3 is 2.83 bits per heavy atom. The Bertz CT molecular complexity index is 1270. The zero-order chi connectivity index (χ0) is 25.1. The van der Waals surface area contributed by atoms with Gasteiger partial charge in [0.1, 0.15) is 11.6 Å². The first-order valence-electron chi connectivity index (χ1n) is 12.5. The van der Waals surface area contributed by atoms with Crippen LogP contribution in [-0.2, 0) is 29.0 Å². The second-order valence-corrected chi connectivity index (χ2v) is 9.55. The fourth-order valence-corrected chi connectivity index (χ4v) is 5.04. The third-order valence-corrected chi connectivity index (χ3v) is 7.07. The number of aromatic nitrogens is 4. The van der Waals surface area contributed by atoms with E-state index < -0.39 is 0 Å². The molecular formula is C26H34N6O4. The molecule has 10 heteroatoms. The van der Waals surface area contributed by atoms with Gasteiger partial charge in [0.25, 0.3) is 5.56 Å². The van der Waals surface area contributed by atoms with Gasteiger partial charge in [0.2, 0.25) is 5.95 Å².